The van der Waals surface area contributed by atoms with Crippen molar-refractivity contribution in [2.45, 2.75) is 6.92 Å². The zero-order chi connectivity index (χ0) is 21.6. The van der Waals surface area contributed by atoms with E-state index in [0.717, 1.165) is 11.3 Å². The van der Waals surface area contributed by atoms with E-state index in [4.69, 9.17) is 14.0 Å². The number of carbonyl (C=O) groups excluding carboxylic acids is 1. The number of methoxy groups -OCH3 is 1. The number of hydrogen-bond donors (Lipinski definition) is 1. The van der Waals surface area contributed by atoms with E-state index < -0.39 is 0 Å². The summed E-state index contributed by atoms with van der Waals surface area (Å²) in [5, 5.41) is 6.90. The lowest BCUT2D eigenvalue weighted by molar-refractivity contribution is -0.118. The van der Waals surface area contributed by atoms with Gasteiger partial charge in [0.05, 0.1) is 18.2 Å². The van der Waals surface area contributed by atoms with Gasteiger partial charge in [-0.05, 0) is 48.9 Å². The number of ether oxygens (including phenoxy) is 2. The highest BCUT2D eigenvalue weighted by Crippen LogP contribution is 2.32. The molecular formula is C24H21N3O4. The summed E-state index contributed by atoms with van der Waals surface area (Å²) in [4.78, 5) is 16.8. The monoisotopic (exact) mass is 415 g/mol. The number of benzene rings is 3. The van der Waals surface area contributed by atoms with Crippen LogP contribution in [0.2, 0.25) is 0 Å². The maximum absolute atomic E-state index is 12.3. The molecule has 7 nitrogen and oxygen atoms in total. The highest BCUT2D eigenvalue weighted by Gasteiger charge is 2.17. The van der Waals surface area contributed by atoms with Crippen molar-refractivity contribution >= 4 is 11.6 Å². The van der Waals surface area contributed by atoms with Crippen molar-refractivity contribution < 1.29 is 18.8 Å². The molecular weight excluding hydrogens is 394 g/mol. The first-order valence-corrected chi connectivity index (χ1v) is 9.70. The molecule has 1 amide bonds. The first kappa shape index (κ1) is 20.2. The van der Waals surface area contributed by atoms with Gasteiger partial charge >= 0.3 is 0 Å². The van der Waals surface area contributed by atoms with Crippen LogP contribution in [-0.2, 0) is 4.79 Å². The summed E-state index contributed by atoms with van der Waals surface area (Å²) in [6, 6.07) is 22.2. The molecule has 0 unspecified atom stereocenters. The highest BCUT2D eigenvalue weighted by atomic mass is 16.5. The molecule has 0 fully saturated rings. The zero-order valence-electron chi connectivity index (χ0n) is 17.2. The van der Waals surface area contributed by atoms with Gasteiger partial charge in [0, 0.05) is 5.69 Å². The second-order valence-electron chi connectivity index (χ2n) is 6.83. The van der Waals surface area contributed by atoms with E-state index in [1.165, 1.54) is 0 Å². The number of carbonyl (C=O) groups is 1. The van der Waals surface area contributed by atoms with Gasteiger partial charge in [-0.3, -0.25) is 4.79 Å². The fraction of sp³-hybridized carbons (Fsp3) is 0.125. The average Bonchev–Trinajstić information content (AvgIpc) is 3.28. The predicted octanol–water partition coefficient (Wildman–Crippen LogP) is 4.74. The average molecular weight is 415 g/mol. The third-order valence-corrected chi connectivity index (χ3v) is 4.55. The summed E-state index contributed by atoms with van der Waals surface area (Å²) in [6.45, 7) is 1.81. The van der Waals surface area contributed by atoms with Crippen LogP contribution in [0.1, 0.15) is 5.56 Å². The van der Waals surface area contributed by atoms with Crippen molar-refractivity contribution in [3.8, 4) is 34.3 Å². The molecule has 0 radical (unpaired) electrons. The van der Waals surface area contributed by atoms with Gasteiger partial charge in [-0.2, -0.15) is 4.98 Å². The number of nitrogens with one attached hydrogen (secondary N) is 1. The molecule has 31 heavy (non-hydrogen) atoms. The van der Waals surface area contributed by atoms with Crippen molar-refractivity contribution in [2.75, 3.05) is 19.0 Å². The number of aryl methyl sites for hydroxylation is 1. The summed E-state index contributed by atoms with van der Waals surface area (Å²) < 4.78 is 16.6. The minimum absolute atomic E-state index is 0.151. The van der Waals surface area contributed by atoms with Crippen LogP contribution in [0.25, 0.3) is 22.8 Å². The Labute approximate surface area is 179 Å². The molecule has 0 aliphatic heterocycles. The van der Waals surface area contributed by atoms with Gasteiger partial charge in [0.1, 0.15) is 11.5 Å². The summed E-state index contributed by atoms with van der Waals surface area (Å²) >= 11 is 0. The van der Waals surface area contributed by atoms with Crippen molar-refractivity contribution in [3.63, 3.8) is 0 Å². The Balaban J connectivity index is 1.50. The van der Waals surface area contributed by atoms with Gasteiger partial charge in [-0.1, -0.05) is 41.6 Å². The molecule has 4 rings (SSSR count). The molecule has 3 aromatic carbocycles. The van der Waals surface area contributed by atoms with E-state index in [1.807, 2.05) is 73.7 Å². The van der Waals surface area contributed by atoms with Gasteiger partial charge in [0.2, 0.25) is 5.82 Å². The Kier molecular flexibility index (Phi) is 5.93. The number of rotatable bonds is 7. The molecule has 1 aromatic heterocycles. The van der Waals surface area contributed by atoms with Gasteiger partial charge in [-0.15, -0.1) is 0 Å². The molecule has 1 N–H and O–H groups in total. The van der Waals surface area contributed by atoms with E-state index in [9.17, 15) is 4.79 Å². The maximum atomic E-state index is 12.3. The molecule has 4 aromatic rings. The number of para-hydroxylation sites is 2. The van der Waals surface area contributed by atoms with E-state index in [0.29, 0.717) is 34.3 Å². The Morgan fingerprint density at radius 2 is 1.71 bits per heavy atom. The van der Waals surface area contributed by atoms with Crippen molar-refractivity contribution in [3.05, 3.63) is 78.4 Å². The van der Waals surface area contributed by atoms with Crippen LogP contribution in [0.4, 0.5) is 5.69 Å². The normalized spacial score (nSPS) is 10.5. The van der Waals surface area contributed by atoms with Gasteiger partial charge in [-0.25, -0.2) is 0 Å². The van der Waals surface area contributed by atoms with E-state index in [1.54, 1.807) is 13.2 Å². The van der Waals surface area contributed by atoms with Gasteiger partial charge < -0.3 is 19.3 Å². The summed E-state index contributed by atoms with van der Waals surface area (Å²) in [7, 11) is 1.58. The summed E-state index contributed by atoms with van der Waals surface area (Å²) in [5.41, 5.74) is 3.10. The topological polar surface area (TPSA) is 86.5 Å². The first-order chi connectivity index (χ1) is 15.1. The Hall–Kier alpha value is -4.13. The molecule has 0 atom stereocenters. The summed E-state index contributed by atoms with van der Waals surface area (Å²) in [6.07, 6.45) is 0. The number of nitrogens with zero attached hydrogens (tertiary/aromatic N) is 2. The van der Waals surface area contributed by atoms with Crippen molar-refractivity contribution in [1.82, 2.24) is 10.1 Å². The fourth-order valence-corrected chi connectivity index (χ4v) is 3.10. The minimum atomic E-state index is -0.261. The van der Waals surface area contributed by atoms with Gasteiger partial charge in [0.25, 0.3) is 11.8 Å². The number of aromatic nitrogens is 2. The lowest BCUT2D eigenvalue weighted by Gasteiger charge is -2.10. The maximum Gasteiger partial charge on any atom is 0.262 e. The lowest BCUT2D eigenvalue weighted by Crippen LogP contribution is -2.20. The number of anilines is 1. The van der Waals surface area contributed by atoms with E-state index in [-0.39, 0.29) is 12.5 Å². The van der Waals surface area contributed by atoms with E-state index in [2.05, 4.69) is 15.5 Å². The second-order valence-corrected chi connectivity index (χ2v) is 6.83. The Morgan fingerprint density at radius 1 is 0.968 bits per heavy atom. The van der Waals surface area contributed by atoms with Crippen LogP contribution in [0.5, 0.6) is 11.5 Å². The molecule has 0 aliphatic rings. The SMILES string of the molecule is COc1ccccc1-c1nc(-c2ccccc2OCC(=O)Nc2cccc(C)c2)no1. The largest absolute Gasteiger partial charge is 0.496 e. The molecule has 0 aliphatic carbocycles. The highest BCUT2D eigenvalue weighted by molar-refractivity contribution is 5.92. The molecule has 1 heterocycles. The lowest BCUT2D eigenvalue weighted by atomic mass is 10.2. The number of hydrogen-bond acceptors (Lipinski definition) is 6. The van der Waals surface area contributed by atoms with E-state index >= 15 is 0 Å². The van der Waals surface area contributed by atoms with Crippen molar-refractivity contribution in [2.24, 2.45) is 0 Å². The molecule has 0 saturated heterocycles. The van der Waals surface area contributed by atoms with Crippen LogP contribution in [0.3, 0.4) is 0 Å². The standard InChI is InChI=1S/C24H21N3O4/c1-16-8-7-9-17(14-16)25-22(28)15-30-21-13-6-3-10-18(21)23-26-24(31-27-23)19-11-4-5-12-20(19)29-2/h3-14H,15H2,1-2H3,(H,25,28). The fourth-order valence-electron chi connectivity index (χ4n) is 3.10. The molecule has 0 bridgehead atoms. The van der Waals surface area contributed by atoms with Crippen LogP contribution in [0.15, 0.2) is 77.3 Å². The second kappa shape index (κ2) is 9.13. The smallest absolute Gasteiger partial charge is 0.262 e. The Morgan fingerprint density at radius 3 is 2.48 bits per heavy atom. The molecule has 7 heteroatoms. The van der Waals surface area contributed by atoms with Crippen molar-refractivity contribution in [1.29, 1.82) is 0 Å². The minimum Gasteiger partial charge on any atom is -0.496 e. The Bertz CT molecular complexity index is 1200. The first-order valence-electron chi connectivity index (χ1n) is 9.70. The van der Waals surface area contributed by atoms with Crippen LogP contribution in [-0.4, -0.2) is 29.8 Å². The molecule has 0 saturated carbocycles. The third-order valence-electron chi connectivity index (χ3n) is 4.55. The van der Waals surface area contributed by atoms with Crippen LogP contribution < -0.4 is 14.8 Å². The van der Waals surface area contributed by atoms with Crippen LogP contribution in [0, 0.1) is 6.92 Å². The van der Waals surface area contributed by atoms with Gasteiger partial charge in [0.15, 0.2) is 6.61 Å². The van der Waals surface area contributed by atoms with Crippen LogP contribution >= 0.6 is 0 Å². The number of amides is 1. The summed E-state index contributed by atoms with van der Waals surface area (Å²) in [5.74, 6) is 1.54. The zero-order valence-corrected chi connectivity index (χ0v) is 17.2. The third kappa shape index (κ3) is 4.72. The molecule has 0 spiro atoms. The quantitative estimate of drug-likeness (QED) is 0.469. The molecule has 156 valence electrons. The predicted molar refractivity (Wildman–Crippen MR) is 117 cm³/mol.